The van der Waals surface area contributed by atoms with E-state index in [-0.39, 0.29) is 5.82 Å². The first-order valence-electron chi connectivity index (χ1n) is 6.08. The lowest BCUT2D eigenvalue weighted by Gasteiger charge is -2.11. The van der Waals surface area contributed by atoms with E-state index in [2.05, 4.69) is 5.10 Å². The van der Waals surface area contributed by atoms with E-state index in [4.69, 9.17) is 11.6 Å². The van der Waals surface area contributed by atoms with Crippen molar-refractivity contribution >= 4 is 11.6 Å². The second kappa shape index (κ2) is 5.72. The molecule has 0 aliphatic rings. The summed E-state index contributed by atoms with van der Waals surface area (Å²) in [4.78, 5) is 0. The van der Waals surface area contributed by atoms with Gasteiger partial charge >= 0.3 is 0 Å². The van der Waals surface area contributed by atoms with Gasteiger partial charge in [0, 0.05) is 13.5 Å². The van der Waals surface area contributed by atoms with Crippen LogP contribution < -0.4 is 0 Å². The van der Waals surface area contributed by atoms with Crippen LogP contribution in [0.1, 0.15) is 17.0 Å². The topological polar surface area (TPSA) is 38.0 Å². The van der Waals surface area contributed by atoms with Gasteiger partial charge in [0.25, 0.3) is 0 Å². The predicted octanol–water partition coefficient (Wildman–Crippen LogP) is 2.67. The van der Waals surface area contributed by atoms with Gasteiger partial charge in [-0.2, -0.15) is 5.10 Å². The fraction of sp³-hybridized carbons (Fsp3) is 0.357. The van der Waals surface area contributed by atoms with Crippen molar-refractivity contribution in [1.29, 1.82) is 0 Å². The van der Waals surface area contributed by atoms with Gasteiger partial charge in [-0.05, 0) is 31.0 Å². The Labute approximate surface area is 116 Å². The second-order valence-corrected chi connectivity index (χ2v) is 5.04. The average Bonchev–Trinajstić information content (AvgIpc) is 2.59. The minimum atomic E-state index is -0.572. The molecule has 0 saturated carbocycles. The highest BCUT2D eigenvalue weighted by Crippen LogP contribution is 2.21. The Morgan fingerprint density at radius 3 is 2.47 bits per heavy atom. The van der Waals surface area contributed by atoms with Crippen LogP contribution in [0.15, 0.2) is 24.3 Å². The van der Waals surface area contributed by atoms with Crippen LogP contribution in [0.4, 0.5) is 4.39 Å². The Balaban J connectivity index is 2.05. The van der Waals surface area contributed by atoms with Gasteiger partial charge in [0.1, 0.15) is 5.82 Å². The molecule has 1 atom stereocenters. The maximum Gasteiger partial charge on any atom is 0.123 e. The SMILES string of the molecule is Cc1nn(C)c(CC(O)Cc2ccc(F)cc2)c1Cl. The van der Waals surface area contributed by atoms with Crippen molar-refractivity contribution in [3.05, 3.63) is 52.1 Å². The molecule has 1 aromatic carbocycles. The van der Waals surface area contributed by atoms with Gasteiger partial charge < -0.3 is 5.11 Å². The highest BCUT2D eigenvalue weighted by Gasteiger charge is 2.15. The van der Waals surface area contributed by atoms with Crippen LogP contribution in [0.5, 0.6) is 0 Å². The summed E-state index contributed by atoms with van der Waals surface area (Å²) in [5.41, 5.74) is 2.46. The summed E-state index contributed by atoms with van der Waals surface area (Å²) >= 11 is 6.14. The molecule has 0 aliphatic carbocycles. The lowest BCUT2D eigenvalue weighted by atomic mass is 10.0. The Kier molecular flexibility index (Phi) is 4.22. The Hall–Kier alpha value is -1.39. The van der Waals surface area contributed by atoms with Crippen LogP contribution in [0, 0.1) is 12.7 Å². The molecule has 2 aromatic rings. The summed E-state index contributed by atoms with van der Waals surface area (Å²) in [6, 6.07) is 6.13. The summed E-state index contributed by atoms with van der Waals surface area (Å²) in [5, 5.41) is 14.9. The molecular formula is C14H16ClFN2O. The van der Waals surface area contributed by atoms with E-state index >= 15 is 0 Å². The maximum atomic E-state index is 12.8. The van der Waals surface area contributed by atoms with Crippen molar-refractivity contribution in [2.75, 3.05) is 0 Å². The molecular weight excluding hydrogens is 267 g/mol. The number of rotatable bonds is 4. The number of hydrogen-bond donors (Lipinski definition) is 1. The zero-order valence-corrected chi connectivity index (χ0v) is 11.7. The molecule has 0 saturated heterocycles. The number of benzene rings is 1. The number of aromatic nitrogens is 2. The smallest absolute Gasteiger partial charge is 0.123 e. The third-order valence-electron chi connectivity index (χ3n) is 3.08. The van der Waals surface area contributed by atoms with E-state index in [0.717, 1.165) is 17.0 Å². The van der Waals surface area contributed by atoms with E-state index in [1.807, 2.05) is 6.92 Å². The third kappa shape index (κ3) is 3.33. The van der Waals surface area contributed by atoms with Crippen molar-refractivity contribution in [2.24, 2.45) is 7.05 Å². The number of halogens is 2. The van der Waals surface area contributed by atoms with Gasteiger partial charge in [-0.25, -0.2) is 4.39 Å². The standard InChI is InChI=1S/C14H16ClFN2O/c1-9-14(15)13(18(2)17-9)8-12(19)7-10-3-5-11(16)6-4-10/h3-6,12,19H,7-8H2,1-2H3. The Morgan fingerprint density at radius 2 is 1.95 bits per heavy atom. The molecule has 0 bridgehead atoms. The van der Waals surface area contributed by atoms with Gasteiger partial charge in [0.05, 0.1) is 22.5 Å². The summed E-state index contributed by atoms with van der Waals surface area (Å²) in [6.45, 7) is 1.83. The first-order valence-corrected chi connectivity index (χ1v) is 6.45. The number of aliphatic hydroxyl groups excluding tert-OH is 1. The minimum Gasteiger partial charge on any atom is -0.392 e. The molecule has 102 valence electrons. The van der Waals surface area contributed by atoms with Crippen LogP contribution in [0.3, 0.4) is 0 Å². The van der Waals surface area contributed by atoms with Crippen molar-refractivity contribution < 1.29 is 9.50 Å². The van der Waals surface area contributed by atoms with Crippen molar-refractivity contribution in [3.8, 4) is 0 Å². The molecule has 0 radical (unpaired) electrons. The summed E-state index contributed by atoms with van der Waals surface area (Å²) in [7, 11) is 1.80. The van der Waals surface area contributed by atoms with E-state index in [1.54, 1.807) is 23.9 Å². The lowest BCUT2D eigenvalue weighted by molar-refractivity contribution is 0.173. The summed E-state index contributed by atoms with van der Waals surface area (Å²) in [6.07, 6.45) is 0.312. The van der Waals surface area contributed by atoms with Gasteiger partial charge in [-0.3, -0.25) is 4.68 Å². The zero-order valence-electron chi connectivity index (χ0n) is 10.9. The zero-order chi connectivity index (χ0) is 14.0. The molecule has 1 aromatic heterocycles. The van der Waals surface area contributed by atoms with Gasteiger partial charge in [-0.15, -0.1) is 0 Å². The van der Waals surface area contributed by atoms with Crippen LogP contribution in [-0.4, -0.2) is 21.0 Å². The van der Waals surface area contributed by atoms with E-state index in [9.17, 15) is 9.50 Å². The molecule has 0 spiro atoms. The molecule has 2 rings (SSSR count). The highest BCUT2D eigenvalue weighted by atomic mass is 35.5. The highest BCUT2D eigenvalue weighted by molar-refractivity contribution is 6.31. The number of nitrogens with zero attached hydrogens (tertiary/aromatic N) is 2. The first-order chi connectivity index (χ1) is 8.97. The first kappa shape index (κ1) is 14.0. The van der Waals surface area contributed by atoms with Crippen LogP contribution in [0.25, 0.3) is 0 Å². The monoisotopic (exact) mass is 282 g/mol. The average molecular weight is 283 g/mol. The summed E-state index contributed by atoms with van der Waals surface area (Å²) in [5.74, 6) is -0.274. The number of hydrogen-bond acceptors (Lipinski definition) is 2. The molecule has 5 heteroatoms. The normalized spacial score (nSPS) is 12.7. The molecule has 0 aliphatic heterocycles. The molecule has 1 unspecified atom stereocenters. The quantitative estimate of drug-likeness (QED) is 0.936. The molecule has 0 fully saturated rings. The predicted molar refractivity (Wildman–Crippen MR) is 72.8 cm³/mol. The molecule has 1 heterocycles. The van der Waals surface area contributed by atoms with Gasteiger partial charge in [-0.1, -0.05) is 23.7 Å². The minimum absolute atomic E-state index is 0.274. The molecule has 3 nitrogen and oxygen atoms in total. The van der Waals surface area contributed by atoms with E-state index in [1.165, 1.54) is 12.1 Å². The van der Waals surface area contributed by atoms with Crippen molar-refractivity contribution in [3.63, 3.8) is 0 Å². The fourth-order valence-electron chi connectivity index (χ4n) is 2.09. The van der Waals surface area contributed by atoms with Crippen LogP contribution >= 0.6 is 11.6 Å². The summed E-state index contributed by atoms with van der Waals surface area (Å²) < 4.78 is 14.5. The van der Waals surface area contributed by atoms with Crippen LogP contribution in [-0.2, 0) is 19.9 Å². The van der Waals surface area contributed by atoms with E-state index < -0.39 is 6.10 Å². The molecule has 0 amide bonds. The molecule has 19 heavy (non-hydrogen) atoms. The lowest BCUT2D eigenvalue weighted by Crippen LogP contribution is -2.16. The second-order valence-electron chi connectivity index (χ2n) is 4.66. The largest absolute Gasteiger partial charge is 0.392 e. The third-order valence-corrected chi connectivity index (χ3v) is 3.57. The Morgan fingerprint density at radius 1 is 1.32 bits per heavy atom. The fourth-order valence-corrected chi connectivity index (χ4v) is 2.33. The number of aryl methyl sites for hydroxylation is 2. The van der Waals surface area contributed by atoms with Gasteiger partial charge in [0.2, 0.25) is 0 Å². The number of aliphatic hydroxyl groups is 1. The van der Waals surface area contributed by atoms with Crippen LogP contribution in [0.2, 0.25) is 5.02 Å². The van der Waals surface area contributed by atoms with E-state index in [0.29, 0.717) is 17.9 Å². The van der Waals surface area contributed by atoms with Crippen molar-refractivity contribution in [1.82, 2.24) is 9.78 Å². The Bertz CT molecular complexity index is 566. The molecule has 1 N–H and O–H groups in total. The van der Waals surface area contributed by atoms with Gasteiger partial charge in [0.15, 0.2) is 0 Å². The van der Waals surface area contributed by atoms with Crippen molar-refractivity contribution in [2.45, 2.75) is 25.9 Å². The maximum absolute atomic E-state index is 12.8.